The first-order valence-electron chi connectivity index (χ1n) is 6.67. The maximum Gasteiger partial charge on any atom is 0.308 e. The van der Waals surface area contributed by atoms with Crippen LogP contribution in [0.1, 0.15) is 39.0 Å². The van der Waals surface area contributed by atoms with Crippen LogP contribution in [0.15, 0.2) is 0 Å². The van der Waals surface area contributed by atoms with Crippen LogP contribution in [0.3, 0.4) is 0 Å². The topological polar surface area (TPSA) is 99.1 Å². The molecule has 0 aliphatic heterocycles. The second kappa shape index (κ2) is 12.4. The van der Waals surface area contributed by atoms with E-state index in [4.69, 9.17) is 19.3 Å². The molecule has 0 bridgehead atoms. The number of esters is 2. The summed E-state index contributed by atoms with van der Waals surface area (Å²) in [5.74, 6) is -1.55. The maximum atomic E-state index is 11.2. The predicted octanol–water partition coefficient (Wildman–Crippen LogP) is 1.14. The Kier molecular flexibility index (Phi) is 11.4. The molecule has 116 valence electrons. The van der Waals surface area contributed by atoms with E-state index in [2.05, 4.69) is 0 Å². The van der Waals surface area contributed by atoms with E-state index >= 15 is 0 Å². The van der Waals surface area contributed by atoms with Crippen LogP contribution in [0.4, 0.5) is 0 Å². The highest BCUT2D eigenvalue weighted by Crippen LogP contribution is 2.01. The van der Waals surface area contributed by atoms with Crippen molar-refractivity contribution in [2.24, 2.45) is 0 Å². The first-order valence-corrected chi connectivity index (χ1v) is 6.67. The molecule has 0 aromatic carbocycles. The maximum absolute atomic E-state index is 11.2. The summed E-state index contributed by atoms with van der Waals surface area (Å²) in [4.78, 5) is 32.4. The van der Waals surface area contributed by atoms with Crippen molar-refractivity contribution in [2.45, 2.75) is 39.0 Å². The molecule has 0 heterocycles. The molecular formula is C13H22O7. The summed E-state index contributed by atoms with van der Waals surface area (Å²) in [5.41, 5.74) is 0. The normalized spacial score (nSPS) is 10.1. The Hall–Kier alpha value is -1.63. The van der Waals surface area contributed by atoms with Crippen LogP contribution in [-0.4, -0.2) is 49.4 Å². The van der Waals surface area contributed by atoms with E-state index in [0.29, 0.717) is 19.4 Å². The average molecular weight is 290 g/mol. The lowest BCUT2D eigenvalue weighted by Crippen LogP contribution is -2.13. The van der Waals surface area contributed by atoms with Gasteiger partial charge in [0, 0.05) is 12.8 Å². The van der Waals surface area contributed by atoms with Gasteiger partial charge >= 0.3 is 17.9 Å². The molecule has 0 amide bonds. The quantitative estimate of drug-likeness (QED) is 0.425. The Morgan fingerprint density at radius 3 is 2.15 bits per heavy atom. The SMILES string of the molecule is CCOC(=O)CCOCCOC(=O)CCCCC(=O)O. The van der Waals surface area contributed by atoms with Crippen molar-refractivity contribution in [3.63, 3.8) is 0 Å². The number of hydrogen-bond acceptors (Lipinski definition) is 6. The monoisotopic (exact) mass is 290 g/mol. The van der Waals surface area contributed by atoms with Crippen LogP contribution in [0.2, 0.25) is 0 Å². The highest BCUT2D eigenvalue weighted by molar-refractivity contribution is 5.70. The molecule has 0 aliphatic rings. The van der Waals surface area contributed by atoms with E-state index < -0.39 is 5.97 Å². The van der Waals surface area contributed by atoms with E-state index in [9.17, 15) is 14.4 Å². The van der Waals surface area contributed by atoms with Crippen molar-refractivity contribution in [1.82, 2.24) is 0 Å². The molecule has 1 N–H and O–H groups in total. The molecule has 0 unspecified atom stereocenters. The van der Waals surface area contributed by atoms with Gasteiger partial charge in [0.1, 0.15) is 6.61 Å². The van der Waals surface area contributed by atoms with Gasteiger partial charge in [0.25, 0.3) is 0 Å². The second-order valence-electron chi connectivity index (χ2n) is 3.99. The third-order valence-corrected chi connectivity index (χ3v) is 2.27. The highest BCUT2D eigenvalue weighted by atomic mass is 16.6. The molecule has 0 radical (unpaired) electrons. The largest absolute Gasteiger partial charge is 0.481 e. The standard InChI is InChI=1S/C13H22O7/c1-2-19-13(17)7-8-18-9-10-20-12(16)6-4-3-5-11(14)15/h2-10H2,1H3,(H,14,15). The summed E-state index contributed by atoms with van der Waals surface area (Å²) in [5, 5.41) is 8.41. The average Bonchev–Trinajstić information content (AvgIpc) is 2.39. The number of rotatable bonds is 12. The van der Waals surface area contributed by atoms with E-state index in [1.54, 1.807) is 6.92 Å². The van der Waals surface area contributed by atoms with Crippen LogP contribution in [0, 0.1) is 0 Å². The molecule has 7 heteroatoms. The number of hydrogen-bond donors (Lipinski definition) is 1. The van der Waals surface area contributed by atoms with Crippen molar-refractivity contribution in [2.75, 3.05) is 26.4 Å². The van der Waals surface area contributed by atoms with Gasteiger partial charge in [-0.25, -0.2) is 0 Å². The lowest BCUT2D eigenvalue weighted by atomic mass is 10.2. The van der Waals surface area contributed by atoms with E-state index in [-0.39, 0.29) is 51.0 Å². The number of carbonyl (C=O) groups is 3. The van der Waals surface area contributed by atoms with Gasteiger partial charge in [-0.3, -0.25) is 14.4 Å². The number of unbranched alkanes of at least 4 members (excludes halogenated alkanes) is 1. The molecule has 20 heavy (non-hydrogen) atoms. The van der Waals surface area contributed by atoms with Gasteiger partial charge in [-0.1, -0.05) is 0 Å². The zero-order valence-corrected chi connectivity index (χ0v) is 11.8. The van der Waals surface area contributed by atoms with Crippen molar-refractivity contribution in [3.05, 3.63) is 0 Å². The van der Waals surface area contributed by atoms with Crippen LogP contribution in [0.25, 0.3) is 0 Å². The minimum atomic E-state index is -0.867. The molecule has 0 fully saturated rings. The van der Waals surface area contributed by atoms with Gasteiger partial charge in [0.2, 0.25) is 0 Å². The van der Waals surface area contributed by atoms with E-state index in [1.807, 2.05) is 0 Å². The summed E-state index contributed by atoms with van der Waals surface area (Å²) in [7, 11) is 0. The molecule has 0 aromatic heterocycles. The molecule has 0 rings (SSSR count). The third kappa shape index (κ3) is 12.8. The van der Waals surface area contributed by atoms with Gasteiger partial charge in [-0.15, -0.1) is 0 Å². The molecule has 0 spiro atoms. The van der Waals surface area contributed by atoms with Gasteiger partial charge in [0.15, 0.2) is 0 Å². The van der Waals surface area contributed by atoms with Gasteiger partial charge in [-0.2, -0.15) is 0 Å². The fourth-order valence-corrected chi connectivity index (χ4v) is 1.32. The molecule has 0 aliphatic carbocycles. The zero-order valence-electron chi connectivity index (χ0n) is 11.8. The van der Waals surface area contributed by atoms with Crippen molar-refractivity contribution < 1.29 is 33.7 Å². The minimum Gasteiger partial charge on any atom is -0.481 e. The molecule has 0 saturated heterocycles. The minimum absolute atomic E-state index is 0.0598. The van der Waals surface area contributed by atoms with Gasteiger partial charge in [-0.05, 0) is 19.8 Å². The molecular weight excluding hydrogens is 268 g/mol. The van der Waals surface area contributed by atoms with Crippen LogP contribution in [0.5, 0.6) is 0 Å². The Labute approximate surface area is 118 Å². The highest BCUT2D eigenvalue weighted by Gasteiger charge is 2.05. The lowest BCUT2D eigenvalue weighted by molar-refractivity contribution is -0.147. The van der Waals surface area contributed by atoms with Crippen LogP contribution >= 0.6 is 0 Å². The van der Waals surface area contributed by atoms with Gasteiger partial charge < -0.3 is 19.3 Å². The fraction of sp³-hybridized carbons (Fsp3) is 0.769. The summed E-state index contributed by atoms with van der Waals surface area (Å²) in [6, 6.07) is 0. The summed E-state index contributed by atoms with van der Waals surface area (Å²) in [6.45, 7) is 2.66. The third-order valence-electron chi connectivity index (χ3n) is 2.27. The smallest absolute Gasteiger partial charge is 0.308 e. The number of ether oxygens (including phenoxy) is 3. The van der Waals surface area contributed by atoms with Crippen LogP contribution in [-0.2, 0) is 28.6 Å². The number of aliphatic carboxylic acids is 1. The molecule has 0 saturated carbocycles. The van der Waals surface area contributed by atoms with E-state index in [0.717, 1.165) is 0 Å². The van der Waals surface area contributed by atoms with Crippen molar-refractivity contribution in [1.29, 1.82) is 0 Å². The predicted molar refractivity (Wildman–Crippen MR) is 69.1 cm³/mol. The molecule has 0 atom stereocenters. The van der Waals surface area contributed by atoms with Gasteiger partial charge in [0.05, 0.1) is 26.2 Å². The summed E-state index contributed by atoms with van der Waals surface area (Å²) in [6.07, 6.45) is 1.40. The number of carboxylic acid groups (broad SMARTS) is 1. The Morgan fingerprint density at radius 2 is 1.50 bits per heavy atom. The van der Waals surface area contributed by atoms with Crippen molar-refractivity contribution >= 4 is 17.9 Å². The second-order valence-corrected chi connectivity index (χ2v) is 3.99. The Balaban J connectivity index is 3.31. The number of carbonyl (C=O) groups excluding carboxylic acids is 2. The fourth-order valence-electron chi connectivity index (χ4n) is 1.32. The van der Waals surface area contributed by atoms with Crippen molar-refractivity contribution in [3.8, 4) is 0 Å². The molecule has 7 nitrogen and oxygen atoms in total. The molecule has 0 aromatic rings. The summed E-state index contributed by atoms with van der Waals surface area (Å²) < 4.78 is 14.7. The zero-order chi connectivity index (χ0) is 15.2. The van der Waals surface area contributed by atoms with E-state index in [1.165, 1.54) is 0 Å². The first-order chi connectivity index (χ1) is 9.56. The van der Waals surface area contributed by atoms with Crippen LogP contribution < -0.4 is 0 Å². The first kappa shape index (κ1) is 18.4. The number of carboxylic acids is 1. The Bertz CT molecular complexity index is 301. The Morgan fingerprint density at radius 1 is 0.850 bits per heavy atom. The lowest BCUT2D eigenvalue weighted by Gasteiger charge is -2.06. The summed E-state index contributed by atoms with van der Waals surface area (Å²) >= 11 is 0.